The van der Waals surface area contributed by atoms with Crippen molar-refractivity contribution in [1.82, 2.24) is 4.90 Å². The van der Waals surface area contributed by atoms with E-state index in [2.05, 4.69) is 5.32 Å². The molecule has 0 aliphatic heterocycles. The molecule has 1 aliphatic rings. The number of hydrogen-bond acceptors (Lipinski definition) is 3. The average molecular weight is 339 g/mol. The number of anilines is 1. The number of nitrogens with two attached hydrogens (primary N) is 1. The highest BCUT2D eigenvalue weighted by molar-refractivity contribution is 5.95. The van der Waals surface area contributed by atoms with Gasteiger partial charge in [0.1, 0.15) is 5.75 Å². The second kappa shape index (κ2) is 7.25. The van der Waals surface area contributed by atoms with E-state index in [0.717, 1.165) is 24.2 Å². The van der Waals surface area contributed by atoms with Crippen molar-refractivity contribution in [3.63, 3.8) is 0 Å². The largest absolute Gasteiger partial charge is 0.497 e. The number of hydrogen-bond donors (Lipinski definition) is 2. The van der Waals surface area contributed by atoms with Gasteiger partial charge in [-0.05, 0) is 54.8 Å². The lowest BCUT2D eigenvalue weighted by atomic mass is 10.1. The molecule has 6 nitrogen and oxygen atoms in total. The van der Waals surface area contributed by atoms with Crippen LogP contribution >= 0.6 is 0 Å². The zero-order valence-electron chi connectivity index (χ0n) is 14.1. The van der Waals surface area contributed by atoms with E-state index in [0.29, 0.717) is 17.8 Å². The number of ether oxygens (including phenoxy) is 1. The third-order valence-corrected chi connectivity index (χ3v) is 4.16. The van der Waals surface area contributed by atoms with Crippen LogP contribution in [0.2, 0.25) is 0 Å². The fourth-order valence-corrected chi connectivity index (χ4v) is 2.68. The third kappa shape index (κ3) is 4.29. The lowest BCUT2D eigenvalue weighted by molar-refractivity contribution is 0.0730. The van der Waals surface area contributed by atoms with Crippen LogP contribution in [0.5, 0.6) is 5.75 Å². The third-order valence-electron chi connectivity index (χ3n) is 4.16. The van der Waals surface area contributed by atoms with Crippen LogP contribution in [0.4, 0.5) is 10.5 Å². The molecule has 0 atom stereocenters. The smallest absolute Gasteiger partial charge is 0.316 e. The van der Waals surface area contributed by atoms with Gasteiger partial charge < -0.3 is 20.7 Å². The quantitative estimate of drug-likeness (QED) is 0.848. The molecule has 130 valence electrons. The molecule has 1 aliphatic carbocycles. The summed E-state index contributed by atoms with van der Waals surface area (Å²) in [7, 11) is 1.63. The van der Waals surface area contributed by atoms with Crippen LogP contribution < -0.4 is 15.8 Å². The van der Waals surface area contributed by atoms with E-state index in [1.165, 1.54) is 0 Å². The van der Waals surface area contributed by atoms with Crippen LogP contribution in [0.15, 0.2) is 48.5 Å². The highest BCUT2D eigenvalue weighted by atomic mass is 16.5. The monoisotopic (exact) mass is 339 g/mol. The van der Waals surface area contributed by atoms with E-state index in [1.54, 1.807) is 31.4 Å². The van der Waals surface area contributed by atoms with Crippen molar-refractivity contribution in [3.05, 3.63) is 59.7 Å². The summed E-state index contributed by atoms with van der Waals surface area (Å²) in [6.07, 6.45) is 2.06. The predicted octanol–water partition coefficient (Wildman–Crippen LogP) is 2.99. The van der Waals surface area contributed by atoms with Gasteiger partial charge in [0.25, 0.3) is 5.91 Å². The van der Waals surface area contributed by atoms with Crippen LogP contribution in [0.3, 0.4) is 0 Å². The van der Waals surface area contributed by atoms with Crippen molar-refractivity contribution in [3.8, 4) is 5.75 Å². The Morgan fingerprint density at radius 2 is 1.76 bits per heavy atom. The van der Waals surface area contributed by atoms with Gasteiger partial charge in [-0.2, -0.15) is 0 Å². The number of carbonyl (C=O) groups is 2. The average Bonchev–Trinajstić information content (AvgIpc) is 3.45. The second-order valence-corrected chi connectivity index (χ2v) is 6.08. The van der Waals surface area contributed by atoms with Gasteiger partial charge >= 0.3 is 6.03 Å². The predicted molar refractivity (Wildman–Crippen MR) is 95.5 cm³/mol. The first-order valence-electron chi connectivity index (χ1n) is 8.17. The Kier molecular flexibility index (Phi) is 4.88. The van der Waals surface area contributed by atoms with E-state index in [9.17, 15) is 9.59 Å². The SMILES string of the molecule is COc1ccc(CN(C(=O)c2ccc(NC(N)=O)cc2)C2CC2)cc1. The van der Waals surface area contributed by atoms with Gasteiger partial charge in [-0.15, -0.1) is 0 Å². The number of amides is 3. The number of urea groups is 1. The summed E-state index contributed by atoms with van der Waals surface area (Å²) in [6, 6.07) is 14.2. The highest BCUT2D eigenvalue weighted by Gasteiger charge is 2.33. The summed E-state index contributed by atoms with van der Waals surface area (Å²) in [6.45, 7) is 0.564. The molecule has 2 aromatic carbocycles. The van der Waals surface area contributed by atoms with Crippen LogP contribution in [0, 0.1) is 0 Å². The maximum atomic E-state index is 12.9. The zero-order chi connectivity index (χ0) is 17.8. The first-order valence-corrected chi connectivity index (χ1v) is 8.17. The molecule has 3 N–H and O–H groups in total. The minimum Gasteiger partial charge on any atom is -0.497 e. The van der Waals surface area contributed by atoms with E-state index in [4.69, 9.17) is 10.5 Å². The maximum absolute atomic E-state index is 12.9. The van der Waals surface area contributed by atoms with Gasteiger partial charge in [0.2, 0.25) is 0 Å². The van der Waals surface area contributed by atoms with Gasteiger partial charge in [0.15, 0.2) is 0 Å². The fourth-order valence-electron chi connectivity index (χ4n) is 2.68. The highest BCUT2D eigenvalue weighted by Crippen LogP contribution is 2.30. The number of nitrogens with zero attached hydrogens (tertiary/aromatic N) is 1. The second-order valence-electron chi connectivity index (χ2n) is 6.08. The van der Waals surface area contributed by atoms with Crippen molar-refractivity contribution in [2.24, 2.45) is 5.73 Å². The summed E-state index contributed by atoms with van der Waals surface area (Å²) >= 11 is 0. The molecule has 0 radical (unpaired) electrons. The van der Waals surface area contributed by atoms with Crippen LogP contribution in [0.1, 0.15) is 28.8 Å². The zero-order valence-corrected chi connectivity index (χ0v) is 14.1. The number of methoxy groups -OCH3 is 1. The lowest BCUT2D eigenvalue weighted by Crippen LogP contribution is -2.32. The molecular formula is C19H21N3O3. The lowest BCUT2D eigenvalue weighted by Gasteiger charge is -2.23. The van der Waals surface area contributed by atoms with Crippen molar-refractivity contribution >= 4 is 17.6 Å². The Balaban J connectivity index is 1.73. The minimum absolute atomic E-state index is 0.0102. The molecule has 0 aromatic heterocycles. The molecule has 3 amide bonds. The number of carbonyl (C=O) groups excluding carboxylic acids is 2. The molecule has 0 bridgehead atoms. The minimum atomic E-state index is -0.627. The van der Waals surface area contributed by atoms with Gasteiger partial charge in [-0.1, -0.05) is 12.1 Å². The van der Waals surface area contributed by atoms with E-state index in [-0.39, 0.29) is 11.9 Å². The van der Waals surface area contributed by atoms with Gasteiger partial charge in [-0.25, -0.2) is 4.79 Å². The standard InChI is InChI=1S/C19H21N3O3/c1-25-17-10-2-13(3-11-17)12-22(16-8-9-16)18(23)14-4-6-15(7-5-14)21-19(20)24/h2-7,10-11,16H,8-9,12H2,1H3,(H3,20,21,24). The van der Waals surface area contributed by atoms with Crippen molar-refractivity contribution < 1.29 is 14.3 Å². The van der Waals surface area contributed by atoms with Crippen LogP contribution in [0.25, 0.3) is 0 Å². The first kappa shape index (κ1) is 16.8. The first-order chi connectivity index (χ1) is 12.1. The molecule has 25 heavy (non-hydrogen) atoms. The van der Waals surface area contributed by atoms with Crippen molar-refractivity contribution in [1.29, 1.82) is 0 Å². The molecular weight excluding hydrogens is 318 g/mol. The molecule has 0 spiro atoms. The summed E-state index contributed by atoms with van der Waals surface area (Å²) < 4.78 is 5.17. The Morgan fingerprint density at radius 1 is 1.12 bits per heavy atom. The van der Waals surface area contributed by atoms with Gasteiger partial charge in [0.05, 0.1) is 7.11 Å². The summed E-state index contributed by atoms with van der Waals surface area (Å²) in [4.78, 5) is 25.6. The normalized spacial score (nSPS) is 13.2. The van der Waals surface area contributed by atoms with Crippen molar-refractivity contribution in [2.75, 3.05) is 12.4 Å². The maximum Gasteiger partial charge on any atom is 0.316 e. The van der Waals surface area contributed by atoms with Crippen LogP contribution in [-0.4, -0.2) is 30.0 Å². The molecule has 1 fully saturated rings. The van der Waals surface area contributed by atoms with Crippen molar-refractivity contribution in [2.45, 2.75) is 25.4 Å². The summed E-state index contributed by atoms with van der Waals surface area (Å²) in [5, 5.41) is 2.49. The Bertz CT molecular complexity index is 752. The fraction of sp³-hybridized carbons (Fsp3) is 0.263. The summed E-state index contributed by atoms with van der Waals surface area (Å²) in [5.74, 6) is 0.787. The van der Waals surface area contributed by atoms with E-state index in [1.807, 2.05) is 29.2 Å². The molecule has 6 heteroatoms. The molecule has 3 rings (SSSR count). The molecule has 0 heterocycles. The number of rotatable bonds is 6. The molecule has 1 saturated carbocycles. The van der Waals surface area contributed by atoms with Gasteiger partial charge in [0, 0.05) is 23.8 Å². The molecule has 2 aromatic rings. The Morgan fingerprint density at radius 3 is 2.28 bits per heavy atom. The number of primary amides is 1. The number of benzene rings is 2. The van der Waals surface area contributed by atoms with E-state index < -0.39 is 6.03 Å². The molecule has 0 saturated heterocycles. The number of nitrogens with one attached hydrogen (secondary N) is 1. The Hall–Kier alpha value is -3.02. The Labute approximate surface area is 146 Å². The summed E-state index contributed by atoms with van der Waals surface area (Å²) in [5.41, 5.74) is 7.31. The van der Waals surface area contributed by atoms with Gasteiger partial charge in [-0.3, -0.25) is 4.79 Å². The topological polar surface area (TPSA) is 84.7 Å². The van der Waals surface area contributed by atoms with E-state index >= 15 is 0 Å². The molecule has 0 unspecified atom stereocenters. The van der Waals surface area contributed by atoms with Crippen LogP contribution in [-0.2, 0) is 6.54 Å².